The number of anilines is 1. The van der Waals surface area contributed by atoms with Gasteiger partial charge in [0.25, 0.3) is 0 Å². The number of sulfonamides is 1. The number of nitrogens with zero attached hydrogens (tertiary/aromatic N) is 4. The quantitative estimate of drug-likeness (QED) is 0.700. The minimum absolute atomic E-state index is 0.0541. The van der Waals surface area contributed by atoms with Crippen LogP contribution in [0.15, 0.2) is 41.4 Å². The zero-order chi connectivity index (χ0) is 18.9. The van der Waals surface area contributed by atoms with Gasteiger partial charge in [0.05, 0.1) is 4.90 Å². The molecule has 1 aromatic carbocycles. The van der Waals surface area contributed by atoms with E-state index in [9.17, 15) is 12.8 Å². The fourth-order valence-corrected chi connectivity index (χ4v) is 2.93. The van der Waals surface area contributed by atoms with Gasteiger partial charge in [0.15, 0.2) is 11.6 Å². The molecule has 3 aromatic rings. The molecule has 26 heavy (non-hydrogen) atoms. The molecule has 136 valence electrons. The zero-order valence-corrected chi connectivity index (χ0v) is 15.0. The summed E-state index contributed by atoms with van der Waals surface area (Å²) in [5, 5.41) is 12.4. The molecule has 0 saturated heterocycles. The van der Waals surface area contributed by atoms with Gasteiger partial charge in [-0.2, -0.15) is 5.10 Å². The minimum Gasteiger partial charge on any atom is -0.373 e. The Morgan fingerprint density at radius 1 is 1.27 bits per heavy atom. The van der Waals surface area contributed by atoms with Crippen LogP contribution in [0.25, 0.3) is 17.1 Å². The highest BCUT2D eigenvalue weighted by Crippen LogP contribution is 2.25. The third-order valence-electron chi connectivity index (χ3n) is 3.72. The van der Waals surface area contributed by atoms with E-state index in [0.29, 0.717) is 29.5 Å². The highest BCUT2D eigenvalue weighted by atomic mass is 32.2. The number of aryl methyl sites for hydroxylation is 1. The highest BCUT2D eigenvalue weighted by Gasteiger charge is 2.19. The lowest BCUT2D eigenvalue weighted by molar-refractivity contribution is 0.594. The van der Waals surface area contributed by atoms with Crippen molar-refractivity contribution in [1.82, 2.24) is 19.7 Å². The molecule has 0 saturated carbocycles. The lowest BCUT2D eigenvalue weighted by Gasteiger charge is -2.09. The molecule has 0 fully saturated rings. The molecule has 0 bridgehead atoms. The molecular weight excluding hydrogens is 359 g/mol. The van der Waals surface area contributed by atoms with Gasteiger partial charge in [-0.3, -0.25) is 0 Å². The van der Waals surface area contributed by atoms with E-state index in [-0.39, 0.29) is 10.6 Å². The van der Waals surface area contributed by atoms with Crippen LogP contribution in [0.5, 0.6) is 0 Å². The van der Waals surface area contributed by atoms with Gasteiger partial charge >= 0.3 is 0 Å². The van der Waals surface area contributed by atoms with Gasteiger partial charge in [0, 0.05) is 25.2 Å². The molecule has 2 aromatic heterocycles. The fourth-order valence-electron chi connectivity index (χ4n) is 2.40. The summed E-state index contributed by atoms with van der Waals surface area (Å²) in [6.07, 6.45) is 2.11. The second-order valence-corrected chi connectivity index (χ2v) is 7.02. The van der Waals surface area contributed by atoms with Gasteiger partial charge in [0.2, 0.25) is 10.0 Å². The van der Waals surface area contributed by atoms with Gasteiger partial charge in [-0.05, 0) is 30.3 Å². The Balaban J connectivity index is 2.24. The Morgan fingerprint density at radius 3 is 2.69 bits per heavy atom. The first kappa shape index (κ1) is 18.0. The summed E-state index contributed by atoms with van der Waals surface area (Å²) in [5.41, 5.74) is 0.596. The first-order chi connectivity index (χ1) is 12.3. The third kappa shape index (κ3) is 3.41. The number of halogens is 1. The number of pyridine rings is 1. The third-order valence-corrected chi connectivity index (χ3v) is 4.63. The summed E-state index contributed by atoms with van der Waals surface area (Å²) in [6.45, 7) is 1.87. The molecule has 0 aliphatic carbocycles. The summed E-state index contributed by atoms with van der Waals surface area (Å²) in [4.78, 5) is 8.36. The van der Waals surface area contributed by atoms with E-state index in [1.165, 1.54) is 4.68 Å². The first-order valence-electron chi connectivity index (χ1n) is 7.76. The normalized spacial score (nSPS) is 11.5. The Hall–Kier alpha value is -2.85. The number of benzene rings is 1. The summed E-state index contributed by atoms with van der Waals surface area (Å²) < 4.78 is 39.0. The van der Waals surface area contributed by atoms with Crippen LogP contribution in [0.2, 0.25) is 0 Å². The summed E-state index contributed by atoms with van der Waals surface area (Å²) in [7, 11) is -2.26. The van der Waals surface area contributed by atoms with Crippen LogP contribution in [0, 0.1) is 5.82 Å². The van der Waals surface area contributed by atoms with Crippen LogP contribution >= 0.6 is 0 Å². The maximum Gasteiger partial charge on any atom is 0.238 e. The van der Waals surface area contributed by atoms with E-state index in [2.05, 4.69) is 20.4 Å². The monoisotopic (exact) mass is 376 g/mol. The molecule has 3 rings (SSSR count). The lowest BCUT2D eigenvalue weighted by atomic mass is 10.2. The van der Waals surface area contributed by atoms with Gasteiger partial charge in [-0.1, -0.05) is 6.92 Å². The van der Waals surface area contributed by atoms with Crippen molar-refractivity contribution in [2.24, 2.45) is 5.14 Å². The fraction of sp³-hybridized carbons (Fsp3) is 0.188. The van der Waals surface area contributed by atoms with Gasteiger partial charge in [-0.25, -0.2) is 32.6 Å². The van der Waals surface area contributed by atoms with Crippen LogP contribution in [0.3, 0.4) is 0 Å². The van der Waals surface area contributed by atoms with Crippen molar-refractivity contribution in [3.63, 3.8) is 0 Å². The van der Waals surface area contributed by atoms with E-state index in [1.54, 1.807) is 25.4 Å². The van der Waals surface area contributed by atoms with Gasteiger partial charge in [0.1, 0.15) is 17.3 Å². The molecule has 0 atom stereocenters. The molecule has 0 amide bonds. The SMILES string of the molecule is CCc1nc(-c2ccnc(NC)c2)n(-c2cc(S(N)(=O)=O)ccc2F)n1. The van der Waals surface area contributed by atoms with Gasteiger partial charge < -0.3 is 5.32 Å². The standard InChI is InChI=1S/C16H17FN6O2S/c1-3-14-21-16(10-6-7-20-15(8-10)19-2)23(22-14)13-9-11(26(18,24)25)4-5-12(13)17/h4-9H,3H2,1-2H3,(H,19,20)(H2,18,24,25). The molecule has 0 radical (unpaired) electrons. The summed E-state index contributed by atoms with van der Waals surface area (Å²) >= 11 is 0. The largest absolute Gasteiger partial charge is 0.373 e. The molecule has 8 nitrogen and oxygen atoms in total. The predicted molar refractivity (Wildman–Crippen MR) is 94.8 cm³/mol. The molecule has 0 aliphatic heterocycles. The smallest absolute Gasteiger partial charge is 0.238 e. The van der Waals surface area contributed by atoms with E-state index >= 15 is 0 Å². The number of nitrogens with two attached hydrogens (primary N) is 1. The van der Waals surface area contributed by atoms with Crippen molar-refractivity contribution in [2.75, 3.05) is 12.4 Å². The highest BCUT2D eigenvalue weighted by molar-refractivity contribution is 7.89. The van der Waals surface area contributed by atoms with Crippen molar-refractivity contribution in [1.29, 1.82) is 0 Å². The summed E-state index contributed by atoms with van der Waals surface area (Å²) in [6, 6.07) is 6.74. The Kier molecular flexibility index (Phi) is 4.70. The van der Waals surface area contributed by atoms with E-state index in [4.69, 9.17) is 5.14 Å². The number of hydrogen-bond donors (Lipinski definition) is 2. The van der Waals surface area contributed by atoms with Crippen LogP contribution in [0.4, 0.5) is 10.2 Å². The molecule has 0 aliphatic rings. The molecule has 0 unspecified atom stereocenters. The van der Waals surface area contributed by atoms with Crippen LogP contribution < -0.4 is 10.5 Å². The summed E-state index contributed by atoms with van der Waals surface area (Å²) in [5.74, 6) is 0.817. The average molecular weight is 376 g/mol. The van der Waals surface area contributed by atoms with E-state index in [0.717, 1.165) is 18.2 Å². The number of primary sulfonamides is 1. The first-order valence-corrected chi connectivity index (χ1v) is 9.31. The Morgan fingerprint density at radius 2 is 2.04 bits per heavy atom. The molecule has 10 heteroatoms. The van der Waals surface area contributed by atoms with Gasteiger partial charge in [-0.15, -0.1) is 0 Å². The van der Waals surface area contributed by atoms with E-state index in [1.807, 2.05) is 6.92 Å². The number of nitrogens with one attached hydrogen (secondary N) is 1. The maximum atomic E-state index is 14.4. The second kappa shape index (κ2) is 6.81. The van der Waals surface area contributed by atoms with Crippen LogP contribution in [-0.4, -0.2) is 35.2 Å². The van der Waals surface area contributed by atoms with Crippen molar-refractivity contribution in [3.8, 4) is 17.1 Å². The number of rotatable bonds is 5. The number of aromatic nitrogens is 4. The van der Waals surface area contributed by atoms with Crippen LogP contribution in [-0.2, 0) is 16.4 Å². The second-order valence-electron chi connectivity index (χ2n) is 5.45. The Labute approximate surface area is 150 Å². The molecule has 3 N–H and O–H groups in total. The van der Waals surface area contributed by atoms with Crippen molar-refractivity contribution < 1.29 is 12.8 Å². The molecule has 2 heterocycles. The Bertz CT molecular complexity index is 1060. The molecule has 0 spiro atoms. The van der Waals surface area contributed by atoms with Crippen molar-refractivity contribution in [2.45, 2.75) is 18.2 Å². The number of hydrogen-bond acceptors (Lipinski definition) is 6. The van der Waals surface area contributed by atoms with Crippen molar-refractivity contribution >= 4 is 15.8 Å². The average Bonchev–Trinajstić information content (AvgIpc) is 3.05. The van der Waals surface area contributed by atoms with Crippen LogP contribution in [0.1, 0.15) is 12.7 Å². The zero-order valence-electron chi connectivity index (χ0n) is 14.1. The topological polar surface area (TPSA) is 116 Å². The lowest BCUT2D eigenvalue weighted by Crippen LogP contribution is -2.13. The minimum atomic E-state index is -3.99. The predicted octanol–water partition coefficient (Wildman–Crippen LogP) is 1.72. The van der Waals surface area contributed by atoms with Crippen molar-refractivity contribution in [3.05, 3.63) is 48.2 Å². The van der Waals surface area contributed by atoms with E-state index < -0.39 is 15.8 Å². The maximum absolute atomic E-state index is 14.4. The molecular formula is C16H17FN6O2S.